The number of hydrogen-bond acceptors (Lipinski definition) is 4. The van der Waals surface area contributed by atoms with E-state index in [1.807, 2.05) is 20.8 Å². The van der Waals surface area contributed by atoms with Crippen molar-refractivity contribution < 1.29 is 17.9 Å². The molecule has 1 atom stereocenters. The summed E-state index contributed by atoms with van der Waals surface area (Å²) >= 11 is 5.97. The molecule has 0 aromatic heterocycles. The number of carbonyl (C=O) groups excluding carboxylic acids is 1. The molecular weight excluding hydrogens is 364 g/mol. The van der Waals surface area contributed by atoms with Gasteiger partial charge in [-0.15, -0.1) is 0 Å². The fourth-order valence-electron chi connectivity index (χ4n) is 2.84. The quantitative estimate of drug-likeness (QED) is 0.860. The second kappa shape index (κ2) is 7.51. The van der Waals surface area contributed by atoms with Crippen LogP contribution in [-0.4, -0.2) is 44.4 Å². The minimum Gasteiger partial charge on any atom is -0.495 e. The summed E-state index contributed by atoms with van der Waals surface area (Å²) < 4.78 is 32.6. The molecule has 1 aliphatic rings. The van der Waals surface area contributed by atoms with Gasteiger partial charge in [-0.05, 0) is 51.8 Å². The molecule has 0 radical (unpaired) electrons. The first kappa shape index (κ1) is 20.0. The van der Waals surface area contributed by atoms with Crippen molar-refractivity contribution in [2.75, 3.05) is 20.2 Å². The van der Waals surface area contributed by atoms with Gasteiger partial charge in [0.15, 0.2) is 0 Å². The minimum atomic E-state index is -3.79. The monoisotopic (exact) mass is 388 g/mol. The Morgan fingerprint density at radius 3 is 2.64 bits per heavy atom. The first-order chi connectivity index (χ1) is 11.5. The molecule has 0 saturated carbocycles. The van der Waals surface area contributed by atoms with Crippen LogP contribution in [0.3, 0.4) is 0 Å². The van der Waals surface area contributed by atoms with Crippen LogP contribution in [0.4, 0.5) is 0 Å². The molecule has 140 valence electrons. The highest BCUT2D eigenvalue weighted by molar-refractivity contribution is 7.89. The van der Waals surface area contributed by atoms with Crippen LogP contribution >= 0.6 is 11.6 Å². The maximum Gasteiger partial charge on any atom is 0.246 e. The lowest BCUT2D eigenvalue weighted by Crippen LogP contribution is -2.49. The van der Waals surface area contributed by atoms with Gasteiger partial charge in [0, 0.05) is 23.7 Å². The lowest BCUT2D eigenvalue weighted by atomic mass is 9.97. The van der Waals surface area contributed by atoms with Crippen molar-refractivity contribution in [2.24, 2.45) is 5.92 Å². The Kier molecular flexibility index (Phi) is 6.01. The molecule has 1 N–H and O–H groups in total. The van der Waals surface area contributed by atoms with Crippen LogP contribution in [0.5, 0.6) is 5.75 Å². The Morgan fingerprint density at radius 1 is 1.36 bits per heavy atom. The number of benzene rings is 1. The maximum atomic E-state index is 13.0. The van der Waals surface area contributed by atoms with E-state index < -0.39 is 10.0 Å². The first-order valence-electron chi connectivity index (χ1n) is 8.20. The van der Waals surface area contributed by atoms with Crippen LogP contribution in [0.2, 0.25) is 5.02 Å². The summed E-state index contributed by atoms with van der Waals surface area (Å²) in [6.07, 6.45) is 1.30. The fourth-order valence-corrected chi connectivity index (χ4v) is 4.78. The van der Waals surface area contributed by atoms with E-state index in [0.29, 0.717) is 24.4 Å². The Bertz CT molecular complexity index is 744. The molecule has 1 heterocycles. The number of ether oxygens (including phenoxy) is 1. The second-order valence-corrected chi connectivity index (χ2v) is 9.58. The van der Waals surface area contributed by atoms with Crippen LogP contribution in [-0.2, 0) is 14.8 Å². The van der Waals surface area contributed by atoms with E-state index in [1.54, 1.807) is 6.07 Å². The molecular formula is C17H25ClN2O4S. The summed E-state index contributed by atoms with van der Waals surface area (Å²) in [5.41, 5.74) is -0.353. The minimum absolute atomic E-state index is 0.0272. The zero-order chi connectivity index (χ0) is 18.8. The molecule has 1 aliphatic heterocycles. The molecule has 0 aliphatic carbocycles. The fraction of sp³-hybridized carbons (Fsp3) is 0.588. The molecule has 1 saturated heterocycles. The number of rotatable bonds is 4. The number of piperidine rings is 1. The topological polar surface area (TPSA) is 75.7 Å². The molecule has 25 heavy (non-hydrogen) atoms. The second-order valence-electron chi connectivity index (χ2n) is 7.24. The highest BCUT2D eigenvalue weighted by atomic mass is 35.5. The van der Waals surface area contributed by atoms with Crippen molar-refractivity contribution in [3.05, 3.63) is 23.2 Å². The van der Waals surface area contributed by atoms with Crippen LogP contribution in [0.15, 0.2) is 23.1 Å². The number of halogens is 1. The van der Waals surface area contributed by atoms with Gasteiger partial charge in [-0.2, -0.15) is 4.31 Å². The highest BCUT2D eigenvalue weighted by Crippen LogP contribution is 2.32. The third kappa shape index (κ3) is 4.86. The van der Waals surface area contributed by atoms with E-state index in [9.17, 15) is 13.2 Å². The van der Waals surface area contributed by atoms with Crippen LogP contribution in [0.25, 0.3) is 0 Å². The molecule has 6 nitrogen and oxygen atoms in total. The number of hydrogen-bond donors (Lipinski definition) is 1. The van der Waals surface area contributed by atoms with Gasteiger partial charge in [0.1, 0.15) is 10.6 Å². The normalized spacial score (nSPS) is 19.5. The molecule has 0 unspecified atom stereocenters. The Labute approximate surface area is 154 Å². The van der Waals surface area contributed by atoms with E-state index >= 15 is 0 Å². The van der Waals surface area contributed by atoms with Gasteiger partial charge in [-0.3, -0.25) is 4.79 Å². The molecule has 1 aromatic carbocycles. The predicted octanol–water partition coefficient (Wildman–Crippen LogP) is 2.66. The predicted molar refractivity (Wildman–Crippen MR) is 97.4 cm³/mol. The van der Waals surface area contributed by atoms with Gasteiger partial charge in [0.25, 0.3) is 0 Å². The lowest BCUT2D eigenvalue weighted by molar-refractivity contribution is -0.127. The van der Waals surface area contributed by atoms with E-state index in [2.05, 4.69) is 5.32 Å². The van der Waals surface area contributed by atoms with Gasteiger partial charge < -0.3 is 10.1 Å². The van der Waals surface area contributed by atoms with E-state index in [4.69, 9.17) is 16.3 Å². The van der Waals surface area contributed by atoms with Crippen molar-refractivity contribution >= 4 is 27.5 Å². The van der Waals surface area contributed by atoms with Crippen molar-refractivity contribution in [3.63, 3.8) is 0 Å². The maximum absolute atomic E-state index is 13.0. The number of amides is 1. The summed E-state index contributed by atoms with van der Waals surface area (Å²) in [4.78, 5) is 12.4. The number of sulfonamides is 1. The van der Waals surface area contributed by atoms with Gasteiger partial charge in [0.05, 0.1) is 13.0 Å². The molecule has 1 aromatic rings. The van der Waals surface area contributed by atoms with Gasteiger partial charge >= 0.3 is 0 Å². The highest BCUT2D eigenvalue weighted by Gasteiger charge is 2.35. The van der Waals surface area contributed by atoms with Crippen LogP contribution in [0, 0.1) is 5.92 Å². The summed E-state index contributed by atoms with van der Waals surface area (Å²) in [5.74, 6) is -0.246. The number of nitrogens with zero attached hydrogens (tertiary/aromatic N) is 1. The summed E-state index contributed by atoms with van der Waals surface area (Å²) in [6.45, 7) is 6.23. The van der Waals surface area contributed by atoms with E-state index in [1.165, 1.54) is 23.5 Å². The number of methoxy groups -OCH3 is 1. The van der Waals surface area contributed by atoms with Gasteiger partial charge in [-0.25, -0.2) is 8.42 Å². The molecule has 0 bridgehead atoms. The lowest BCUT2D eigenvalue weighted by Gasteiger charge is -2.33. The van der Waals surface area contributed by atoms with Crippen molar-refractivity contribution in [2.45, 2.75) is 44.0 Å². The average Bonchev–Trinajstić information content (AvgIpc) is 2.53. The molecule has 1 amide bonds. The Morgan fingerprint density at radius 2 is 2.04 bits per heavy atom. The third-order valence-electron chi connectivity index (χ3n) is 4.00. The SMILES string of the molecule is COc1ccc(Cl)cc1S(=O)(=O)N1CCC[C@H](C(=O)NC(C)(C)C)C1. The van der Waals surface area contributed by atoms with Crippen molar-refractivity contribution in [1.29, 1.82) is 0 Å². The standard InChI is InChI=1S/C17H25ClN2O4S/c1-17(2,3)19-16(21)12-6-5-9-20(11-12)25(22,23)15-10-13(18)7-8-14(15)24-4/h7-8,10,12H,5-6,9,11H2,1-4H3,(H,19,21)/t12-/m0/s1. The summed E-state index contributed by atoms with van der Waals surface area (Å²) in [5, 5.41) is 3.24. The van der Waals surface area contributed by atoms with Crippen LogP contribution < -0.4 is 10.1 Å². The Balaban J connectivity index is 2.25. The zero-order valence-corrected chi connectivity index (χ0v) is 16.6. The number of nitrogens with one attached hydrogen (secondary N) is 1. The smallest absolute Gasteiger partial charge is 0.246 e. The summed E-state index contributed by atoms with van der Waals surface area (Å²) in [7, 11) is -2.38. The van der Waals surface area contributed by atoms with Crippen molar-refractivity contribution in [1.82, 2.24) is 9.62 Å². The molecule has 2 rings (SSSR count). The average molecular weight is 389 g/mol. The zero-order valence-electron chi connectivity index (χ0n) is 15.0. The van der Waals surface area contributed by atoms with E-state index in [-0.39, 0.29) is 34.6 Å². The van der Waals surface area contributed by atoms with E-state index in [0.717, 1.165) is 0 Å². The van der Waals surface area contributed by atoms with Crippen molar-refractivity contribution in [3.8, 4) is 5.75 Å². The van der Waals surface area contributed by atoms with Gasteiger partial charge in [-0.1, -0.05) is 11.6 Å². The van der Waals surface area contributed by atoms with Gasteiger partial charge in [0.2, 0.25) is 15.9 Å². The molecule has 1 fully saturated rings. The Hall–Kier alpha value is -1.31. The van der Waals surface area contributed by atoms with Crippen LogP contribution in [0.1, 0.15) is 33.6 Å². The summed E-state index contributed by atoms with van der Waals surface area (Å²) in [6, 6.07) is 4.49. The third-order valence-corrected chi connectivity index (χ3v) is 6.12. The molecule has 0 spiro atoms. The molecule has 8 heteroatoms. The largest absolute Gasteiger partial charge is 0.495 e. The number of carbonyl (C=O) groups is 1. The first-order valence-corrected chi connectivity index (χ1v) is 10.0.